The van der Waals surface area contributed by atoms with Crippen molar-refractivity contribution < 1.29 is 9.90 Å². The quantitative estimate of drug-likeness (QED) is 0.765. The van der Waals surface area contributed by atoms with Crippen LogP contribution in [0.2, 0.25) is 0 Å². The molecule has 0 aliphatic heterocycles. The van der Waals surface area contributed by atoms with E-state index in [-0.39, 0.29) is 6.10 Å². The lowest BCUT2D eigenvalue weighted by molar-refractivity contribution is 0.112. The fourth-order valence-electron chi connectivity index (χ4n) is 1.54. The van der Waals surface area contributed by atoms with Gasteiger partial charge in [0.2, 0.25) is 0 Å². The van der Waals surface area contributed by atoms with Gasteiger partial charge in [0, 0.05) is 25.4 Å². The smallest absolute Gasteiger partial charge is 0.151 e. The molecule has 4 heteroatoms. The largest absolute Gasteiger partial charge is 0.393 e. The zero-order valence-corrected chi connectivity index (χ0v) is 9.97. The Labute approximate surface area is 95.9 Å². The third kappa shape index (κ3) is 3.31. The molecule has 0 aliphatic rings. The molecule has 0 amide bonds. The Morgan fingerprint density at radius 1 is 1.62 bits per heavy atom. The van der Waals surface area contributed by atoms with Crippen molar-refractivity contribution in [2.45, 2.75) is 26.4 Å². The standard InChI is InChI=1S/C12H18N2O2/c1-9-6-11(8-15)7-13-12(9)14(3)5-4-10(2)16/h6-8,10,16H,4-5H2,1-3H3. The minimum Gasteiger partial charge on any atom is -0.393 e. The maximum absolute atomic E-state index is 10.6. The summed E-state index contributed by atoms with van der Waals surface area (Å²) in [6, 6.07) is 1.81. The second-order valence-electron chi connectivity index (χ2n) is 4.09. The van der Waals surface area contributed by atoms with Crippen molar-refractivity contribution in [2.75, 3.05) is 18.5 Å². The molecule has 0 saturated carbocycles. The summed E-state index contributed by atoms with van der Waals surface area (Å²) in [4.78, 5) is 16.8. The van der Waals surface area contributed by atoms with E-state index < -0.39 is 0 Å². The summed E-state index contributed by atoms with van der Waals surface area (Å²) in [5, 5.41) is 9.21. The van der Waals surface area contributed by atoms with E-state index in [4.69, 9.17) is 0 Å². The summed E-state index contributed by atoms with van der Waals surface area (Å²) in [6.07, 6.45) is 2.75. The van der Waals surface area contributed by atoms with Crippen molar-refractivity contribution in [2.24, 2.45) is 0 Å². The average molecular weight is 222 g/mol. The van der Waals surface area contributed by atoms with Crippen LogP contribution in [-0.4, -0.2) is 36.1 Å². The van der Waals surface area contributed by atoms with E-state index >= 15 is 0 Å². The van der Waals surface area contributed by atoms with E-state index in [0.717, 1.165) is 24.2 Å². The lowest BCUT2D eigenvalue weighted by Crippen LogP contribution is -2.23. The van der Waals surface area contributed by atoms with Crippen molar-refractivity contribution in [3.63, 3.8) is 0 Å². The molecule has 0 spiro atoms. The SMILES string of the molecule is Cc1cc(C=O)cnc1N(C)CCC(C)O. The van der Waals surface area contributed by atoms with E-state index in [0.29, 0.717) is 12.0 Å². The topological polar surface area (TPSA) is 53.4 Å². The second-order valence-corrected chi connectivity index (χ2v) is 4.09. The number of carbonyl (C=O) groups excluding carboxylic acids is 1. The van der Waals surface area contributed by atoms with Gasteiger partial charge in [0.1, 0.15) is 5.82 Å². The molecular formula is C12H18N2O2. The number of anilines is 1. The molecule has 0 aliphatic carbocycles. The fourth-order valence-corrected chi connectivity index (χ4v) is 1.54. The van der Waals surface area contributed by atoms with Gasteiger partial charge < -0.3 is 10.0 Å². The maximum Gasteiger partial charge on any atom is 0.151 e. The lowest BCUT2D eigenvalue weighted by atomic mass is 10.2. The molecule has 4 nitrogen and oxygen atoms in total. The number of hydrogen-bond donors (Lipinski definition) is 1. The summed E-state index contributed by atoms with van der Waals surface area (Å²) in [5.74, 6) is 0.853. The van der Waals surface area contributed by atoms with Crippen LogP contribution in [0.15, 0.2) is 12.3 Å². The summed E-state index contributed by atoms with van der Waals surface area (Å²) in [7, 11) is 1.93. The van der Waals surface area contributed by atoms with E-state index in [1.807, 2.05) is 24.9 Å². The van der Waals surface area contributed by atoms with Gasteiger partial charge in [-0.05, 0) is 31.9 Å². The first-order chi connectivity index (χ1) is 7.54. The molecule has 1 heterocycles. The number of nitrogens with zero attached hydrogens (tertiary/aromatic N) is 2. The predicted molar refractivity (Wildman–Crippen MR) is 63.9 cm³/mol. The van der Waals surface area contributed by atoms with Crippen LogP contribution in [0.5, 0.6) is 0 Å². The molecule has 1 atom stereocenters. The zero-order chi connectivity index (χ0) is 12.1. The Bertz CT molecular complexity index is 364. The highest BCUT2D eigenvalue weighted by Gasteiger charge is 2.07. The molecule has 0 aromatic carbocycles. The molecule has 1 aromatic heterocycles. The number of rotatable bonds is 5. The normalized spacial score (nSPS) is 12.2. The van der Waals surface area contributed by atoms with Crippen LogP contribution in [-0.2, 0) is 0 Å². The highest BCUT2D eigenvalue weighted by molar-refractivity contribution is 5.75. The van der Waals surface area contributed by atoms with E-state index in [1.54, 1.807) is 13.1 Å². The Balaban J connectivity index is 2.75. The number of aliphatic hydroxyl groups excluding tert-OH is 1. The van der Waals surface area contributed by atoms with Gasteiger partial charge in [0.05, 0.1) is 6.10 Å². The maximum atomic E-state index is 10.6. The Hall–Kier alpha value is -1.42. The minimum atomic E-state index is -0.308. The first kappa shape index (κ1) is 12.6. The molecular weight excluding hydrogens is 204 g/mol. The van der Waals surface area contributed by atoms with Crippen LogP contribution in [0.4, 0.5) is 5.82 Å². The first-order valence-corrected chi connectivity index (χ1v) is 5.35. The average Bonchev–Trinajstić information content (AvgIpc) is 2.25. The van der Waals surface area contributed by atoms with Gasteiger partial charge in [-0.25, -0.2) is 4.98 Å². The predicted octanol–water partition coefficient (Wildman–Crippen LogP) is 1.41. The number of pyridine rings is 1. The van der Waals surface area contributed by atoms with Gasteiger partial charge >= 0.3 is 0 Å². The minimum absolute atomic E-state index is 0.308. The Morgan fingerprint density at radius 3 is 2.81 bits per heavy atom. The zero-order valence-electron chi connectivity index (χ0n) is 9.97. The number of aromatic nitrogens is 1. The first-order valence-electron chi connectivity index (χ1n) is 5.35. The summed E-state index contributed by atoms with van der Waals surface area (Å²) in [5.41, 5.74) is 1.56. The van der Waals surface area contributed by atoms with Crippen molar-refractivity contribution in [1.29, 1.82) is 0 Å². The number of carbonyl (C=O) groups is 1. The number of hydrogen-bond acceptors (Lipinski definition) is 4. The number of aliphatic hydroxyl groups is 1. The van der Waals surface area contributed by atoms with Crippen molar-refractivity contribution in [1.82, 2.24) is 4.98 Å². The Kier molecular flexibility index (Phi) is 4.43. The highest BCUT2D eigenvalue weighted by Crippen LogP contribution is 2.16. The molecule has 1 N–H and O–H groups in total. The van der Waals surface area contributed by atoms with Gasteiger partial charge in [0.25, 0.3) is 0 Å². The Morgan fingerprint density at radius 2 is 2.31 bits per heavy atom. The molecule has 1 unspecified atom stereocenters. The van der Waals surface area contributed by atoms with Gasteiger partial charge in [0.15, 0.2) is 6.29 Å². The van der Waals surface area contributed by atoms with Gasteiger partial charge in [-0.15, -0.1) is 0 Å². The van der Waals surface area contributed by atoms with Crippen LogP contribution < -0.4 is 4.90 Å². The summed E-state index contributed by atoms with van der Waals surface area (Å²) >= 11 is 0. The second kappa shape index (κ2) is 5.61. The molecule has 0 fully saturated rings. The number of aryl methyl sites for hydroxylation is 1. The molecule has 88 valence electrons. The van der Waals surface area contributed by atoms with Crippen LogP contribution in [0.3, 0.4) is 0 Å². The molecule has 0 bridgehead atoms. The van der Waals surface area contributed by atoms with Crippen LogP contribution in [0.25, 0.3) is 0 Å². The summed E-state index contributed by atoms with van der Waals surface area (Å²) in [6.45, 7) is 4.43. The van der Waals surface area contributed by atoms with E-state index in [9.17, 15) is 9.90 Å². The fraction of sp³-hybridized carbons (Fsp3) is 0.500. The third-order valence-corrected chi connectivity index (χ3v) is 2.45. The number of aldehydes is 1. The van der Waals surface area contributed by atoms with Crippen LogP contribution in [0, 0.1) is 6.92 Å². The third-order valence-electron chi connectivity index (χ3n) is 2.45. The molecule has 0 radical (unpaired) electrons. The van der Waals surface area contributed by atoms with Crippen molar-refractivity contribution in [3.8, 4) is 0 Å². The van der Waals surface area contributed by atoms with E-state index in [1.165, 1.54) is 0 Å². The van der Waals surface area contributed by atoms with Gasteiger partial charge in [-0.2, -0.15) is 0 Å². The molecule has 16 heavy (non-hydrogen) atoms. The molecule has 0 saturated heterocycles. The van der Waals surface area contributed by atoms with E-state index in [2.05, 4.69) is 4.98 Å². The van der Waals surface area contributed by atoms with Gasteiger partial charge in [-0.1, -0.05) is 0 Å². The summed E-state index contributed by atoms with van der Waals surface area (Å²) < 4.78 is 0. The lowest BCUT2D eigenvalue weighted by Gasteiger charge is -2.20. The van der Waals surface area contributed by atoms with Gasteiger partial charge in [-0.3, -0.25) is 4.79 Å². The van der Waals surface area contributed by atoms with Crippen molar-refractivity contribution >= 4 is 12.1 Å². The molecule has 1 aromatic rings. The van der Waals surface area contributed by atoms with Crippen LogP contribution >= 0.6 is 0 Å². The van der Waals surface area contributed by atoms with Crippen LogP contribution in [0.1, 0.15) is 29.3 Å². The van der Waals surface area contributed by atoms with Crippen molar-refractivity contribution in [3.05, 3.63) is 23.4 Å². The highest BCUT2D eigenvalue weighted by atomic mass is 16.3. The monoisotopic (exact) mass is 222 g/mol. The molecule has 1 rings (SSSR count).